The van der Waals surface area contributed by atoms with Gasteiger partial charge >= 0.3 is 0 Å². The van der Waals surface area contributed by atoms with Crippen molar-refractivity contribution in [1.29, 1.82) is 0 Å². The number of amides is 2. The van der Waals surface area contributed by atoms with Crippen LogP contribution in [0.3, 0.4) is 0 Å². The van der Waals surface area contributed by atoms with Gasteiger partial charge in [-0.3, -0.25) is 9.59 Å². The van der Waals surface area contributed by atoms with Crippen molar-refractivity contribution in [3.8, 4) is 0 Å². The molecule has 0 bridgehead atoms. The van der Waals surface area contributed by atoms with E-state index in [1.54, 1.807) is 11.8 Å². The van der Waals surface area contributed by atoms with Crippen LogP contribution in [0.4, 0.5) is 0 Å². The van der Waals surface area contributed by atoms with Gasteiger partial charge in [0, 0.05) is 18.8 Å². The Morgan fingerprint density at radius 3 is 2.33 bits per heavy atom. The van der Waals surface area contributed by atoms with Gasteiger partial charge in [-0.05, 0) is 17.5 Å². The van der Waals surface area contributed by atoms with Crippen molar-refractivity contribution >= 4 is 23.6 Å². The molecule has 1 aliphatic heterocycles. The van der Waals surface area contributed by atoms with Gasteiger partial charge in [0.25, 0.3) is 0 Å². The average molecular weight is 384 g/mol. The van der Waals surface area contributed by atoms with Gasteiger partial charge in [-0.15, -0.1) is 11.8 Å². The van der Waals surface area contributed by atoms with Crippen LogP contribution in [0, 0.1) is 0 Å². The van der Waals surface area contributed by atoms with E-state index >= 15 is 0 Å². The Kier molecular flexibility index (Phi) is 7.30. The van der Waals surface area contributed by atoms with E-state index < -0.39 is 6.04 Å². The standard InChI is InChI=1S/C21H25N3O2S/c25-18(15-17-9-5-2-6-10-17)24-19(21-23-13-14-27-21)20(26)22-12-11-16-7-3-1-4-8-16/h1-10,19,21,23H,11-15H2,(H,22,26)(H,24,25). The Labute approximate surface area is 164 Å². The molecule has 1 fully saturated rings. The Hall–Kier alpha value is -2.31. The second-order valence-corrected chi connectivity index (χ2v) is 7.73. The molecule has 2 atom stereocenters. The first-order valence-electron chi connectivity index (χ1n) is 9.22. The summed E-state index contributed by atoms with van der Waals surface area (Å²) < 4.78 is 0. The van der Waals surface area contributed by atoms with E-state index in [2.05, 4.69) is 16.0 Å². The van der Waals surface area contributed by atoms with E-state index in [-0.39, 0.29) is 23.6 Å². The molecule has 0 spiro atoms. The summed E-state index contributed by atoms with van der Waals surface area (Å²) in [6, 6.07) is 19.0. The number of thioether (sulfide) groups is 1. The molecule has 142 valence electrons. The molecule has 1 saturated heterocycles. The summed E-state index contributed by atoms with van der Waals surface area (Å²) in [5, 5.41) is 9.10. The number of hydrogen-bond acceptors (Lipinski definition) is 4. The molecule has 3 rings (SSSR count). The number of benzene rings is 2. The highest BCUT2D eigenvalue weighted by atomic mass is 32.2. The second kappa shape index (κ2) is 10.1. The predicted octanol–water partition coefficient (Wildman–Crippen LogP) is 1.74. The highest BCUT2D eigenvalue weighted by Gasteiger charge is 2.32. The molecule has 2 aromatic rings. The molecule has 0 aromatic heterocycles. The fraction of sp³-hybridized carbons (Fsp3) is 0.333. The van der Waals surface area contributed by atoms with Crippen LogP contribution in [-0.4, -0.2) is 42.1 Å². The van der Waals surface area contributed by atoms with Gasteiger partial charge in [-0.25, -0.2) is 0 Å². The van der Waals surface area contributed by atoms with Crippen molar-refractivity contribution in [1.82, 2.24) is 16.0 Å². The Morgan fingerprint density at radius 1 is 1.04 bits per heavy atom. The van der Waals surface area contributed by atoms with Crippen LogP contribution >= 0.6 is 11.8 Å². The molecule has 3 N–H and O–H groups in total. The molecule has 1 heterocycles. The summed E-state index contributed by atoms with van der Waals surface area (Å²) in [4.78, 5) is 25.2. The Bertz CT molecular complexity index is 734. The third kappa shape index (κ3) is 6.12. The number of carbonyl (C=O) groups excluding carboxylic acids is 2. The molecule has 0 radical (unpaired) electrons. The van der Waals surface area contributed by atoms with Crippen LogP contribution in [0.1, 0.15) is 11.1 Å². The van der Waals surface area contributed by atoms with Gasteiger partial charge in [0.1, 0.15) is 6.04 Å². The van der Waals surface area contributed by atoms with Crippen molar-refractivity contribution in [2.75, 3.05) is 18.8 Å². The third-order valence-corrected chi connectivity index (χ3v) is 5.65. The number of carbonyl (C=O) groups is 2. The van der Waals surface area contributed by atoms with E-state index in [1.165, 1.54) is 5.56 Å². The maximum absolute atomic E-state index is 12.7. The molecule has 0 aliphatic carbocycles. The van der Waals surface area contributed by atoms with Crippen LogP contribution in [0.15, 0.2) is 60.7 Å². The lowest BCUT2D eigenvalue weighted by atomic mass is 10.1. The predicted molar refractivity (Wildman–Crippen MR) is 109 cm³/mol. The minimum absolute atomic E-state index is 0.0959. The zero-order valence-electron chi connectivity index (χ0n) is 15.2. The monoisotopic (exact) mass is 383 g/mol. The number of nitrogens with one attached hydrogen (secondary N) is 3. The highest BCUT2D eigenvalue weighted by Crippen LogP contribution is 2.17. The van der Waals surface area contributed by atoms with Gasteiger partial charge in [0.15, 0.2) is 0 Å². The van der Waals surface area contributed by atoms with Crippen LogP contribution in [0.5, 0.6) is 0 Å². The molecular formula is C21H25N3O2S. The summed E-state index contributed by atoms with van der Waals surface area (Å²) in [7, 11) is 0. The molecule has 27 heavy (non-hydrogen) atoms. The third-order valence-electron chi connectivity index (χ3n) is 4.41. The normalized spacial score (nSPS) is 17.3. The molecule has 0 saturated carbocycles. The largest absolute Gasteiger partial charge is 0.354 e. The molecule has 2 unspecified atom stereocenters. The average Bonchev–Trinajstić information content (AvgIpc) is 3.22. The molecule has 2 aromatic carbocycles. The number of rotatable bonds is 8. The van der Waals surface area contributed by atoms with Crippen molar-refractivity contribution in [3.05, 3.63) is 71.8 Å². The minimum atomic E-state index is -0.579. The van der Waals surface area contributed by atoms with E-state index in [1.807, 2.05) is 60.7 Å². The topological polar surface area (TPSA) is 70.2 Å². The lowest BCUT2D eigenvalue weighted by molar-refractivity contribution is -0.128. The first-order chi connectivity index (χ1) is 13.2. The maximum atomic E-state index is 12.7. The fourth-order valence-electron chi connectivity index (χ4n) is 3.03. The lowest BCUT2D eigenvalue weighted by Crippen LogP contribution is -2.55. The second-order valence-electron chi connectivity index (χ2n) is 6.48. The van der Waals surface area contributed by atoms with Crippen LogP contribution < -0.4 is 16.0 Å². The van der Waals surface area contributed by atoms with Crippen molar-refractivity contribution < 1.29 is 9.59 Å². The van der Waals surface area contributed by atoms with E-state index in [4.69, 9.17) is 0 Å². The van der Waals surface area contributed by atoms with Gasteiger partial charge in [-0.1, -0.05) is 60.7 Å². The summed E-state index contributed by atoms with van der Waals surface area (Å²) >= 11 is 1.67. The summed E-state index contributed by atoms with van der Waals surface area (Å²) in [6.07, 6.45) is 1.04. The first-order valence-corrected chi connectivity index (χ1v) is 10.3. The van der Waals surface area contributed by atoms with Gasteiger partial charge in [0.05, 0.1) is 11.8 Å². The zero-order chi connectivity index (χ0) is 18.9. The summed E-state index contributed by atoms with van der Waals surface area (Å²) in [5.74, 6) is 0.658. The molecule has 5 nitrogen and oxygen atoms in total. The number of hydrogen-bond donors (Lipinski definition) is 3. The van der Waals surface area contributed by atoms with E-state index in [0.717, 1.165) is 24.3 Å². The lowest BCUT2D eigenvalue weighted by Gasteiger charge is -2.23. The van der Waals surface area contributed by atoms with Crippen LogP contribution in [-0.2, 0) is 22.4 Å². The van der Waals surface area contributed by atoms with Gasteiger partial charge in [-0.2, -0.15) is 0 Å². The Balaban J connectivity index is 1.55. The van der Waals surface area contributed by atoms with Crippen molar-refractivity contribution in [2.45, 2.75) is 24.3 Å². The molecular weight excluding hydrogens is 358 g/mol. The summed E-state index contributed by atoms with van der Waals surface area (Å²) in [6.45, 7) is 1.39. The van der Waals surface area contributed by atoms with Gasteiger partial charge < -0.3 is 16.0 Å². The maximum Gasteiger partial charge on any atom is 0.245 e. The van der Waals surface area contributed by atoms with E-state index in [9.17, 15) is 9.59 Å². The zero-order valence-corrected chi connectivity index (χ0v) is 16.0. The Morgan fingerprint density at radius 2 is 1.70 bits per heavy atom. The SMILES string of the molecule is O=C(Cc1ccccc1)NC(C(=O)NCCc1ccccc1)C1NCCS1. The minimum Gasteiger partial charge on any atom is -0.354 e. The van der Waals surface area contributed by atoms with Crippen molar-refractivity contribution in [3.63, 3.8) is 0 Å². The van der Waals surface area contributed by atoms with Crippen LogP contribution in [0.2, 0.25) is 0 Å². The van der Waals surface area contributed by atoms with Gasteiger partial charge in [0.2, 0.25) is 11.8 Å². The first kappa shape index (κ1) is 19.5. The molecule has 1 aliphatic rings. The molecule has 6 heteroatoms. The summed E-state index contributed by atoms with van der Waals surface area (Å²) in [5.41, 5.74) is 2.11. The van der Waals surface area contributed by atoms with E-state index in [0.29, 0.717) is 6.54 Å². The highest BCUT2D eigenvalue weighted by molar-refractivity contribution is 8.00. The van der Waals surface area contributed by atoms with Crippen molar-refractivity contribution in [2.24, 2.45) is 0 Å². The smallest absolute Gasteiger partial charge is 0.245 e. The molecule has 2 amide bonds. The van der Waals surface area contributed by atoms with Crippen LogP contribution in [0.25, 0.3) is 0 Å². The quantitative estimate of drug-likeness (QED) is 0.649. The fourth-order valence-corrected chi connectivity index (χ4v) is 4.14.